The molecule has 3 N–H and O–H groups in total. The molecule has 0 amide bonds. The molecule has 1 saturated heterocycles. The third kappa shape index (κ3) is 2.87. The van der Waals surface area contributed by atoms with Gasteiger partial charge in [-0.1, -0.05) is 5.16 Å². The number of likely N-dealkylation sites (tertiary alicyclic amines) is 1. The summed E-state index contributed by atoms with van der Waals surface area (Å²) in [5.74, 6) is 0.335. The summed E-state index contributed by atoms with van der Waals surface area (Å²) in [6.45, 7) is 6.79. The van der Waals surface area contributed by atoms with Gasteiger partial charge in [-0.3, -0.25) is 4.90 Å². The summed E-state index contributed by atoms with van der Waals surface area (Å²) in [5, 5.41) is 11.3. The Bertz CT molecular complexity index is 213. The molecule has 4 heteroatoms. The van der Waals surface area contributed by atoms with E-state index in [-0.39, 0.29) is 0 Å². The van der Waals surface area contributed by atoms with Gasteiger partial charge in [0.25, 0.3) is 0 Å². The summed E-state index contributed by atoms with van der Waals surface area (Å²) >= 11 is 0. The number of hydrogen-bond donors (Lipinski definition) is 2. The van der Waals surface area contributed by atoms with Crippen LogP contribution in [0.1, 0.15) is 39.5 Å². The summed E-state index contributed by atoms with van der Waals surface area (Å²) in [7, 11) is 0. The molecule has 1 rings (SSSR count). The summed E-state index contributed by atoms with van der Waals surface area (Å²) in [4.78, 5) is 2.48. The van der Waals surface area contributed by atoms with Crippen molar-refractivity contribution < 1.29 is 5.21 Å². The zero-order chi connectivity index (χ0) is 10.6. The Labute approximate surface area is 85.8 Å². The summed E-state index contributed by atoms with van der Waals surface area (Å²) < 4.78 is 0. The highest BCUT2D eigenvalue weighted by Gasteiger charge is 2.30. The Morgan fingerprint density at radius 3 is 2.79 bits per heavy atom. The quantitative estimate of drug-likeness (QED) is 0.311. The fourth-order valence-corrected chi connectivity index (χ4v) is 2.08. The van der Waals surface area contributed by atoms with E-state index >= 15 is 0 Å². The molecule has 0 saturated carbocycles. The van der Waals surface area contributed by atoms with Crippen LogP contribution in [0.4, 0.5) is 0 Å². The van der Waals surface area contributed by atoms with Gasteiger partial charge in [-0.15, -0.1) is 0 Å². The van der Waals surface area contributed by atoms with Crippen molar-refractivity contribution in [3.05, 3.63) is 0 Å². The molecule has 0 aromatic heterocycles. The fourth-order valence-electron chi connectivity index (χ4n) is 2.08. The molecule has 0 aromatic carbocycles. The number of rotatable bonds is 4. The molecule has 4 nitrogen and oxygen atoms in total. The smallest absolute Gasteiger partial charge is 0.139 e. The van der Waals surface area contributed by atoms with E-state index in [4.69, 9.17) is 10.9 Å². The molecule has 0 atom stereocenters. The second-order valence-electron chi connectivity index (χ2n) is 4.60. The second-order valence-corrected chi connectivity index (χ2v) is 4.60. The molecule has 82 valence electrons. The molecule has 0 bridgehead atoms. The molecule has 0 unspecified atom stereocenters. The highest BCUT2D eigenvalue weighted by molar-refractivity contribution is 5.79. The SMILES string of the molecule is CC1(C)CCCN1CCCC(N)=NO. The van der Waals surface area contributed by atoms with E-state index in [1.165, 1.54) is 19.4 Å². The van der Waals surface area contributed by atoms with Gasteiger partial charge < -0.3 is 10.9 Å². The first-order valence-electron chi connectivity index (χ1n) is 5.28. The zero-order valence-electron chi connectivity index (χ0n) is 9.16. The maximum Gasteiger partial charge on any atom is 0.139 e. The molecular weight excluding hydrogens is 178 g/mol. The molecule has 0 aromatic rings. The van der Waals surface area contributed by atoms with Gasteiger partial charge in [-0.05, 0) is 46.2 Å². The molecule has 1 fully saturated rings. The van der Waals surface area contributed by atoms with Gasteiger partial charge in [0.05, 0.1) is 0 Å². The lowest BCUT2D eigenvalue weighted by Gasteiger charge is -2.31. The van der Waals surface area contributed by atoms with E-state index in [1.807, 2.05) is 0 Å². The first-order chi connectivity index (χ1) is 6.56. The number of nitrogens with zero attached hydrogens (tertiary/aromatic N) is 2. The van der Waals surface area contributed by atoms with E-state index in [9.17, 15) is 0 Å². The monoisotopic (exact) mass is 199 g/mol. The lowest BCUT2D eigenvalue weighted by molar-refractivity contribution is 0.174. The van der Waals surface area contributed by atoms with Crippen LogP contribution in [0.25, 0.3) is 0 Å². The summed E-state index contributed by atoms with van der Waals surface area (Å²) in [6, 6.07) is 0. The van der Waals surface area contributed by atoms with E-state index in [0.29, 0.717) is 17.8 Å². The van der Waals surface area contributed by atoms with Gasteiger partial charge in [0.1, 0.15) is 5.84 Å². The lowest BCUT2D eigenvalue weighted by Crippen LogP contribution is -2.38. The highest BCUT2D eigenvalue weighted by atomic mass is 16.4. The molecule has 0 radical (unpaired) electrons. The van der Waals surface area contributed by atoms with Crippen LogP contribution >= 0.6 is 0 Å². The Hall–Kier alpha value is -0.770. The Balaban J connectivity index is 2.25. The number of amidine groups is 1. The van der Waals surface area contributed by atoms with Crippen LogP contribution in [0.2, 0.25) is 0 Å². The van der Waals surface area contributed by atoms with E-state index < -0.39 is 0 Å². The fraction of sp³-hybridized carbons (Fsp3) is 0.900. The molecule has 14 heavy (non-hydrogen) atoms. The van der Waals surface area contributed by atoms with Crippen molar-refractivity contribution in [3.8, 4) is 0 Å². The Morgan fingerprint density at radius 2 is 2.29 bits per heavy atom. The lowest BCUT2D eigenvalue weighted by atomic mass is 10.0. The van der Waals surface area contributed by atoms with Crippen LogP contribution in [0.3, 0.4) is 0 Å². The average molecular weight is 199 g/mol. The zero-order valence-corrected chi connectivity index (χ0v) is 9.16. The van der Waals surface area contributed by atoms with Crippen molar-refractivity contribution in [1.29, 1.82) is 0 Å². The Morgan fingerprint density at radius 1 is 1.57 bits per heavy atom. The standard InChI is InChI=1S/C10H21N3O/c1-10(2)6-4-8-13(10)7-3-5-9(11)12-14/h14H,3-8H2,1-2H3,(H2,11,12). The average Bonchev–Trinajstić information content (AvgIpc) is 2.45. The van der Waals surface area contributed by atoms with Crippen molar-refractivity contribution >= 4 is 5.84 Å². The molecule has 0 spiro atoms. The maximum absolute atomic E-state index is 8.38. The molecule has 1 aliphatic rings. The minimum Gasteiger partial charge on any atom is -0.409 e. The van der Waals surface area contributed by atoms with Gasteiger partial charge in [0, 0.05) is 12.0 Å². The molecular formula is C10H21N3O. The van der Waals surface area contributed by atoms with Gasteiger partial charge in [-0.25, -0.2) is 0 Å². The summed E-state index contributed by atoms with van der Waals surface area (Å²) in [5.41, 5.74) is 5.75. The summed E-state index contributed by atoms with van der Waals surface area (Å²) in [6.07, 6.45) is 4.22. The highest BCUT2D eigenvalue weighted by Crippen LogP contribution is 2.27. The Kier molecular flexibility index (Phi) is 3.75. The number of hydrogen-bond acceptors (Lipinski definition) is 3. The predicted octanol–water partition coefficient (Wildman–Crippen LogP) is 1.39. The predicted molar refractivity (Wildman–Crippen MR) is 57.5 cm³/mol. The van der Waals surface area contributed by atoms with E-state index in [1.54, 1.807) is 0 Å². The van der Waals surface area contributed by atoms with Crippen molar-refractivity contribution in [2.24, 2.45) is 10.9 Å². The minimum absolute atomic E-state index is 0.335. The number of oxime groups is 1. The van der Waals surface area contributed by atoms with Crippen LogP contribution in [0.15, 0.2) is 5.16 Å². The van der Waals surface area contributed by atoms with E-state index in [0.717, 1.165) is 13.0 Å². The number of nitrogens with two attached hydrogens (primary N) is 1. The minimum atomic E-state index is 0.335. The third-order valence-electron chi connectivity index (χ3n) is 3.06. The molecule has 1 aliphatic heterocycles. The molecule has 1 heterocycles. The van der Waals surface area contributed by atoms with E-state index in [2.05, 4.69) is 23.9 Å². The van der Waals surface area contributed by atoms with Crippen LogP contribution in [-0.2, 0) is 0 Å². The van der Waals surface area contributed by atoms with Gasteiger partial charge in [0.15, 0.2) is 0 Å². The first-order valence-corrected chi connectivity index (χ1v) is 5.28. The topological polar surface area (TPSA) is 61.8 Å². The van der Waals surface area contributed by atoms with Crippen molar-refractivity contribution in [2.45, 2.75) is 45.1 Å². The first kappa shape index (κ1) is 11.3. The third-order valence-corrected chi connectivity index (χ3v) is 3.06. The normalized spacial score (nSPS) is 22.9. The maximum atomic E-state index is 8.38. The van der Waals surface area contributed by atoms with Gasteiger partial charge >= 0.3 is 0 Å². The van der Waals surface area contributed by atoms with Crippen molar-refractivity contribution in [3.63, 3.8) is 0 Å². The van der Waals surface area contributed by atoms with Gasteiger partial charge in [-0.2, -0.15) is 0 Å². The van der Waals surface area contributed by atoms with Crippen LogP contribution in [0, 0.1) is 0 Å². The second kappa shape index (κ2) is 4.64. The van der Waals surface area contributed by atoms with Crippen molar-refractivity contribution in [2.75, 3.05) is 13.1 Å². The molecule has 0 aliphatic carbocycles. The van der Waals surface area contributed by atoms with Gasteiger partial charge in [0.2, 0.25) is 0 Å². The van der Waals surface area contributed by atoms with Crippen LogP contribution in [-0.4, -0.2) is 34.6 Å². The largest absolute Gasteiger partial charge is 0.409 e. The van der Waals surface area contributed by atoms with Crippen LogP contribution in [0.5, 0.6) is 0 Å². The van der Waals surface area contributed by atoms with Crippen molar-refractivity contribution in [1.82, 2.24) is 4.90 Å². The van der Waals surface area contributed by atoms with Crippen LogP contribution < -0.4 is 5.73 Å².